The molecule has 1 aromatic carbocycles. The van der Waals surface area contributed by atoms with E-state index in [1.165, 1.54) is 12.1 Å². The molecule has 94 valence electrons. The molecule has 0 saturated carbocycles. The molecule has 0 aliphatic carbocycles. The number of hydrogen-bond donors (Lipinski definition) is 0. The highest BCUT2D eigenvalue weighted by Crippen LogP contribution is 2.32. The van der Waals surface area contributed by atoms with E-state index in [-0.39, 0.29) is 12.0 Å². The first-order valence-electron chi connectivity index (χ1n) is 4.91. The van der Waals surface area contributed by atoms with Crippen LogP contribution in [0, 0.1) is 5.82 Å². The third-order valence-electron chi connectivity index (χ3n) is 2.49. The zero-order valence-corrected chi connectivity index (χ0v) is 11.8. The second kappa shape index (κ2) is 4.86. The molecule has 1 rings (SSSR count). The van der Waals surface area contributed by atoms with Crippen molar-refractivity contribution in [1.82, 2.24) is 0 Å². The van der Waals surface area contributed by atoms with Crippen molar-refractivity contribution >= 4 is 31.6 Å². The molecule has 0 radical (unpaired) electrons. The minimum atomic E-state index is -3.60. The molecule has 17 heavy (non-hydrogen) atoms. The Morgan fingerprint density at radius 2 is 1.82 bits per heavy atom. The Hall–Kier alpha value is -0.750. The molecular formula is C11H12BrFO3S. The Bertz CT molecular complexity index is 524. The number of rotatable bonds is 4. The molecule has 0 heterocycles. The number of halogens is 2. The fourth-order valence-corrected chi connectivity index (χ4v) is 2.62. The molecular weight excluding hydrogens is 311 g/mol. The lowest BCUT2D eigenvalue weighted by Crippen LogP contribution is -2.39. The van der Waals surface area contributed by atoms with Gasteiger partial charge in [0, 0.05) is 11.8 Å². The van der Waals surface area contributed by atoms with Gasteiger partial charge in [-0.15, -0.1) is 0 Å². The molecule has 0 spiro atoms. The topological polar surface area (TPSA) is 51.2 Å². The Balaban J connectivity index is 3.24. The molecule has 0 bridgehead atoms. The van der Waals surface area contributed by atoms with Crippen LogP contribution >= 0.6 is 15.9 Å². The van der Waals surface area contributed by atoms with Gasteiger partial charge in [0.1, 0.15) is 5.82 Å². The molecule has 0 aliphatic rings. The van der Waals surface area contributed by atoms with Gasteiger partial charge in [0.15, 0.2) is 19.3 Å². The van der Waals surface area contributed by atoms with Crippen molar-refractivity contribution in [3.05, 3.63) is 35.6 Å². The first-order valence-corrected chi connectivity index (χ1v) is 7.59. The maximum Gasteiger partial charge on any atom is 0.194 e. The van der Waals surface area contributed by atoms with Crippen molar-refractivity contribution in [2.24, 2.45) is 0 Å². The number of ketones is 1. The fourth-order valence-electron chi connectivity index (χ4n) is 1.41. The highest BCUT2D eigenvalue weighted by atomic mass is 79.9. The summed E-state index contributed by atoms with van der Waals surface area (Å²) in [5.41, 5.74) is 0.163. The van der Waals surface area contributed by atoms with Gasteiger partial charge in [-0.1, -0.05) is 22.9 Å². The van der Waals surface area contributed by atoms with Gasteiger partial charge in [0.25, 0.3) is 0 Å². The second-order valence-corrected chi connectivity index (χ2v) is 7.81. The van der Waals surface area contributed by atoms with Crippen LogP contribution in [-0.4, -0.2) is 24.1 Å². The summed E-state index contributed by atoms with van der Waals surface area (Å²) in [6.45, 7) is 1.59. The van der Waals surface area contributed by atoms with Crippen LogP contribution in [0.15, 0.2) is 24.3 Å². The van der Waals surface area contributed by atoms with E-state index in [1.54, 1.807) is 6.92 Å². The highest BCUT2D eigenvalue weighted by molar-refractivity contribution is 9.12. The van der Waals surface area contributed by atoms with E-state index < -0.39 is 25.1 Å². The summed E-state index contributed by atoms with van der Waals surface area (Å²) >= 11 is 2.99. The minimum absolute atomic E-state index is 0.0992. The standard InChI is InChI=1S/C11H12BrFO3S/c1-3-11(12,17(2,15)16)10(14)8-4-6-9(13)7-5-8/h4-7H,3H2,1-2H3. The van der Waals surface area contributed by atoms with Crippen LogP contribution in [0.5, 0.6) is 0 Å². The van der Waals surface area contributed by atoms with E-state index >= 15 is 0 Å². The van der Waals surface area contributed by atoms with E-state index in [2.05, 4.69) is 15.9 Å². The van der Waals surface area contributed by atoms with Crippen LogP contribution in [0.3, 0.4) is 0 Å². The zero-order valence-electron chi connectivity index (χ0n) is 9.41. The molecule has 0 aromatic heterocycles. The Morgan fingerprint density at radius 1 is 1.35 bits per heavy atom. The maximum atomic E-state index is 12.7. The van der Waals surface area contributed by atoms with Crippen molar-refractivity contribution in [3.8, 4) is 0 Å². The second-order valence-electron chi connectivity index (χ2n) is 3.69. The summed E-state index contributed by atoms with van der Waals surface area (Å²) < 4.78 is 34.3. The van der Waals surface area contributed by atoms with Crippen molar-refractivity contribution in [3.63, 3.8) is 0 Å². The minimum Gasteiger partial charge on any atom is -0.291 e. The highest BCUT2D eigenvalue weighted by Gasteiger charge is 2.44. The Kier molecular flexibility index (Phi) is 4.09. The summed E-state index contributed by atoms with van der Waals surface area (Å²) in [4.78, 5) is 12.1. The first-order chi connectivity index (χ1) is 7.72. The van der Waals surface area contributed by atoms with Gasteiger partial charge in [-0.05, 0) is 30.7 Å². The summed E-state index contributed by atoms with van der Waals surface area (Å²) in [5, 5.41) is 0. The van der Waals surface area contributed by atoms with Crippen molar-refractivity contribution in [2.75, 3.05) is 6.26 Å². The lowest BCUT2D eigenvalue weighted by atomic mass is 10.1. The van der Waals surface area contributed by atoms with Crippen LogP contribution in [0.4, 0.5) is 4.39 Å². The summed E-state index contributed by atoms with van der Waals surface area (Å²) in [6, 6.07) is 4.79. The van der Waals surface area contributed by atoms with Crippen LogP contribution in [0.1, 0.15) is 23.7 Å². The van der Waals surface area contributed by atoms with Crippen LogP contribution < -0.4 is 0 Å². The van der Waals surface area contributed by atoms with E-state index in [0.717, 1.165) is 18.4 Å². The summed E-state index contributed by atoms with van der Waals surface area (Å²) in [5.74, 6) is -1.06. The molecule has 0 aliphatic heterocycles. The van der Waals surface area contributed by atoms with Gasteiger partial charge in [-0.3, -0.25) is 4.79 Å². The van der Waals surface area contributed by atoms with Crippen molar-refractivity contribution in [1.29, 1.82) is 0 Å². The normalized spacial score (nSPS) is 15.3. The van der Waals surface area contributed by atoms with E-state index in [9.17, 15) is 17.6 Å². The van der Waals surface area contributed by atoms with Gasteiger partial charge in [-0.2, -0.15) is 0 Å². The molecule has 1 unspecified atom stereocenters. The van der Waals surface area contributed by atoms with E-state index in [0.29, 0.717) is 0 Å². The van der Waals surface area contributed by atoms with E-state index in [4.69, 9.17) is 0 Å². The number of hydrogen-bond acceptors (Lipinski definition) is 3. The maximum absolute atomic E-state index is 12.7. The third kappa shape index (κ3) is 2.74. The Labute approximate surface area is 108 Å². The lowest BCUT2D eigenvalue weighted by Gasteiger charge is -2.22. The predicted molar refractivity (Wildman–Crippen MR) is 67.5 cm³/mol. The number of carbonyl (C=O) groups excluding carboxylic acids is 1. The van der Waals surface area contributed by atoms with Gasteiger partial charge < -0.3 is 0 Å². The monoisotopic (exact) mass is 322 g/mol. The molecule has 0 amide bonds. The third-order valence-corrected chi connectivity index (χ3v) is 6.82. The summed E-state index contributed by atoms with van der Waals surface area (Å²) in [7, 11) is -3.60. The molecule has 6 heteroatoms. The number of alkyl halides is 1. The molecule has 1 atom stereocenters. The van der Waals surface area contributed by atoms with Crippen LogP contribution in [0.2, 0.25) is 0 Å². The predicted octanol–water partition coefficient (Wildman–Crippen LogP) is 2.55. The zero-order chi connectivity index (χ0) is 13.3. The number of Topliss-reactive ketones (excluding diaryl/α,β-unsaturated/α-hetero) is 1. The van der Waals surface area contributed by atoms with Gasteiger partial charge in [-0.25, -0.2) is 12.8 Å². The first kappa shape index (κ1) is 14.3. The summed E-state index contributed by atoms with van der Waals surface area (Å²) in [6.07, 6.45) is 1.09. The van der Waals surface area contributed by atoms with Gasteiger partial charge in [0.2, 0.25) is 0 Å². The number of sulfone groups is 1. The van der Waals surface area contributed by atoms with Crippen LogP contribution in [-0.2, 0) is 9.84 Å². The quantitative estimate of drug-likeness (QED) is 0.632. The average Bonchev–Trinajstić information content (AvgIpc) is 2.26. The van der Waals surface area contributed by atoms with Gasteiger partial charge >= 0.3 is 0 Å². The van der Waals surface area contributed by atoms with Crippen LogP contribution in [0.25, 0.3) is 0 Å². The smallest absolute Gasteiger partial charge is 0.194 e. The van der Waals surface area contributed by atoms with Crippen molar-refractivity contribution < 1.29 is 17.6 Å². The van der Waals surface area contributed by atoms with Crippen molar-refractivity contribution in [2.45, 2.75) is 17.0 Å². The Morgan fingerprint density at radius 3 is 2.18 bits per heavy atom. The fraction of sp³-hybridized carbons (Fsp3) is 0.364. The molecule has 3 nitrogen and oxygen atoms in total. The molecule has 0 fully saturated rings. The van der Waals surface area contributed by atoms with E-state index in [1.807, 2.05) is 0 Å². The molecule has 1 aromatic rings. The lowest BCUT2D eigenvalue weighted by molar-refractivity contribution is 0.0976. The number of carbonyl (C=O) groups is 1. The SMILES string of the molecule is CCC(Br)(C(=O)c1ccc(F)cc1)S(C)(=O)=O. The molecule has 0 N–H and O–H groups in total. The largest absolute Gasteiger partial charge is 0.291 e. The van der Waals surface area contributed by atoms with Gasteiger partial charge in [0.05, 0.1) is 0 Å². The number of benzene rings is 1. The molecule has 0 saturated heterocycles. The average molecular weight is 323 g/mol.